The van der Waals surface area contributed by atoms with Crippen LogP contribution in [-0.4, -0.2) is 4.98 Å². The molecule has 0 amide bonds. The first-order valence-corrected chi connectivity index (χ1v) is 5.12. The lowest BCUT2D eigenvalue weighted by molar-refractivity contribution is 0.625. The average molecular weight is 216 g/mol. The highest BCUT2D eigenvalue weighted by atomic mass is 19.1. The predicted octanol–water partition coefficient (Wildman–Crippen LogP) is 2.65. The van der Waals surface area contributed by atoms with Crippen LogP contribution in [-0.2, 0) is 6.54 Å². The Balaban J connectivity index is 2.63. The lowest BCUT2D eigenvalue weighted by Crippen LogP contribution is -2.00. The van der Waals surface area contributed by atoms with Gasteiger partial charge in [0.2, 0.25) is 0 Å². The summed E-state index contributed by atoms with van der Waals surface area (Å²) in [6.07, 6.45) is 2.80. The van der Waals surface area contributed by atoms with E-state index in [9.17, 15) is 4.39 Å². The Morgan fingerprint density at radius 2 is 2.06 bits per heavy atom. The molecule has 0 atom stereocenters. The molecule has 2 nitrogen and oxygen atoms in total. The second kappa shape index (κ2) is 4.41. The SMILES string of the molecule is Cc1ccc(CN)c(-c2ccncc2F)c1. The third-order valence-electron chi connectivity index (χ3n) is 2.55. The number of aromatic nitrogens is 1. The van der Waals surface area contributed by atoms with Gasteiger partial charge in [-0.3, -0.25) is 4.98 Å². The fourth-order valence-electron chi connectivity index (χ4n) is 1.71. The summed E-state index contributed by atoms with van der Waals surface area (Å²) in [6, 6.07) is 7.53. The van der Waals surface area contributed by atoms with Crippen molar-refractivity contribution in [2.75, 3.05) is 0 Å². The molecule has 82 valence electrons. The first kappa shape index (κ1) is 10.8. The first-order chi connectivity index (χ1) is 7.72. The molecule has 0 aliphatic rings. The van der Waals surface area contributed by atoms with Crippen molar-refractivity contribution in [1.29, 1.82) is 0 Å². The van der Waals surface area contributed by atoms with E-state index < -0.39 is 0 Å². The highest BCUT2D eigenvalue weighted by Gasteiger charge is 2.08. The number of nitrogens with two attached hydrogens (primary N) is 1. The largest absolute Gasteiger partial charge is 0.326 e. The molecule has 2 aromatic rings. The molecule has 0 unspecified atom stereocenters. The second-order valence-electron chi connectivity index (χ2n) is 3.72. The Kier molecular flexibility index (Phi) is 2.97. The van der Waals surface area contributed by atoms with Gasteiger partial charge >= 0.3 is 0 Å². The van der Waals surface area contributed by atoms with Crippen molar-refractivity contribution in [3.63, 3.8) is 0 Å². The minimum Gasteiger partial charge on any atom is -0.326 e. The third-order valence-corrected chi connectivity index (χ3v) is 2.55. The van der Waals surface area contributed by atoms with E-state index in [0.717, 1.165) is 16.7 Å². The molecule has 0 spiro atoms. The number of benzene rings is 1. The topological polar surface area (TPSA) is 38.9 Å². The van der Waals surface area contributed by atoms with Crippen LogP contribution in [0, 0.1) is 12.7 Å². The van der Waals surface area contributed by atoms with Gasteiger partial charge in [-0.25, -0.2) is 4.39 Å². The van der Waals surface area contributed by atoms with Gasteiger partial charge < -0.3 is 5.73 Å². The zero-order chi connectivity index (χ0) is 11.5. The molecule has 16 heavy (non-hydrogen) atoms. The Morgan fingerprint density at radius 1 is 1.25 bits per heavy atom. The highest BCUT2D eigenvalue weighted by Crippen LogP contribution is 2.26. The third kappa shape index (κ3) is 1.95. The van der Waals surface area contributed by atoms with Crippen LogP contribution >= 0.6 is 0 Å². The highest BCUT2D eigenvalue weighted by molar-refractivity contribution is 5.68. The van der Waals surface area contributed by atoms with Crippen molar-refractivity contribution >= 4 is 0 Å². The molecular formula is C13H13FN2. The van der Waals surface area contributed by atoms with Gasteiger partial charge in [-0.2, -0.15) is 0 Å². The number of pyridine rings is 1. The maximum absolute atomic E-state index is 13.6. The monoisotopic (exact) mass is 216 g/mol. The Morgan fingerprint density at radius 3 is 2.75 bits per heavy atom. The standard InChI is InChI=1S/C13H13FN2/c1-9-2-3-10(7-15)12(6-9)11-4-5-16-8-13(11)14/h2-6,8H,7,15H2,1H3. The minimum atomic E-state index is -0.317. The van der Waals surface area contributed by atoms with Gasteiger partial charge in [0, 0.05) is 18.3 Å². The number of hydrogen-bond donors (Lipinski definition) is 1. The van der Waals surface area contributed by atoms with Gasteiger partial charge in [0.05, 0.1) is 6.20 Å². The average Bonchev–Trinajstić information content (AvgIpc) is 2.29. The van der Waals surface area contributed by atoms with Crippen LogP contribution in [0.15, 0.2) is 36.7 Å². The van der Waals surface area contributed by atoms with E-state index in [1.165, 1.54) is 6.20 Å². The molecule has 0 radical (unpaired) electrons. The summed E-state index contributed by atoms with van der Waals surface area (Å²) < 4.78 is 13.6. The molecule has 0 bridgehead atoms. The molecule has 0 aliphatic heterocycles. The molecule has 1 aromatic heterocycles. The van der Waals surface area contributed by atoms with Crippen LogP contribution in [0.5, 0.6) is 0 Å². The maximum atomic E-state index is 13.6. The summed E-state index contributed by atoms with van der Waals surface area (Å²) in [6.45, 7) is 2.38. The van der Waals surface area contributed by atoms with Crippen molar-refractivity contribution < 1.29 is 4.39 Å². The van der Waals surface area contributed by atoms with Crippen molar-refractivity contribution in [3.05, 3.63) is 53.6 Å². The summed E-state index contributed by atoms with van der Waals surface area (Å²) in [7, 11) is 0. The van der Waals surface area contributed by atoms with E-state index in [-0.39, 0.29) is 5.82 Å². The molecule has 0 saturated carbocycles. The lowest BCUT2D eigenvalue weighted by Gasteiger charge is -2.09. The zero-order valence-corrected chi connectivity index (χ0v) is 9.07. The number of nitrogens with zero attached hydrogens (tertiary/aromatic N) is 1. The maximum Gasteiger partial charge on any atom is 0.149 e. The van der Waals surface area contributed by atoms with E-state index in [2.05, 4.69) is 4.98 Å². The summed E-state index contributed by atoms with van der Waals surface area (Å²) >= 11 is 0. The van der Waals surface area contributed by atoms with E-state index in [1.54, 1.807) is 12.3 Å². The summed E-state index contributed by atoms with van der Waals surface area (Å²) in [5.41, 5.74) is 9.08. The minimum absolute atomic E-state index is 0.317. The van der Waals surface area contributed by atoms with Crippen LogP contribution < -0.4 is 5.73 Å². The Labute approximate surface area is 93.9 Å². The molecule has 1 aromatic carbocycles. The predicted molar refractivity (Wildman–Crippen MR) is 62.3 cm³/mol. The quantitative estimate of drug-likeness (QED) is 0.838. The van der Waals surface area contributed by atoms with Gasteiger partial charge in [0.15, 0.2) is 0 Å². The summed E-state index contributed by atoms with van der Waals surface area (Å²) in [5.74, 6) is -0.317. The zero-order valence-electron chi connectivity index (χ0n) is 9.07. The molecule has 2 rings (SSSR count). The Bertz CT molecular complexity index is 509. The molecule has 1 heterocycles. The molecular weight excluding hydrogens is 203 g/mol. The van der Waals surface area contributed by atoms with Gasteiger partial charge in [-0.05, 0) is 24.1 Å². The van der Waals surface area contributed by atoms with Crippen molar-refractivity contribution in [1.82, 2.24) is 4.98 Å². The first-order valence-electron chi connectivity index (χ1n) is 5.12. The van der Waals surface area contributed by atoms with Crippen molar-refractivity contribution in [2.24, 2.45) is 5.73 Å². The molecule has 2 N–H and O–H groups in total. The molecule has 0 fully saturated rings. The van der Waals surface area contributed by atoms with Crippen LogP contribution in [0.2, 0.25) is 0 Å². The fourth-order valence-corrected chi connectivity index (χ4v) is 1.71. The number of halogens is 1. The number of hydrogen-bond acceptors (Lipinski definition) is 2. The van der Waals surface area contributed by atoms with Crippen molar-refractivity contribution in [3.8, 4) is 11.1 Å². The molecule has 0 aliphatic carbocycles. The molecule has 3 heteroatoms. The summed E-state index contributed by atoms with van der Waals surface area (Å²) in [4.78, 5) is 3.74. The van der Waals surface area contributed by atoms with E-state index in [0.29, 0.717) is 12.1 Å². The van der Waals surface area contributed by atoms with E-state index >= 15 is 0 Å². The normalized spacial score (nSPS) is 10.4. The number of rotatable bonds is 2. The van der Waals surface area contributed by atoms with Crippen LogP contribution in [0.4, 0.5) is 4.39 Å². The number of aryl methyl sites for hydroxylation is 1. The van der Waals surface area contributed by atoms with E-state index in [1.807, 2.05) is 25.1 Å². The smallest absolute Gasteiger partial charge is 0.149 e. The molecule has 0 saturated heterocycles. The second-order valence-corrected chi connectivity index (χ2v) is 3.72. The van der Waals surface area contributed by atoms with Crippen molar-refractivity contribution in [2.45, 2.75) is 13.5 Å². The van der Waals surface area contributed by atoms with Crippen LogP contribution in [0.25, 0.3) is 11.1 Å². The van der Waals surface area contributed by atoms with Crippen LogP contribution in [0.3, 0.4) is 0 Å². The summed E-state index contributed by atoms with van der Waals surface area (Å²) in [5, 5.41) is 0. The fraction of sp³-hybridized carbons (Fsp3) is 0.154. The van der Waals surface area contributed by atoms with Gasteiger partial charge in [0.25, 0.3) is 0 Å². The van der Waals surface area contributed by atoms with E-state index in [4.69, 9.17) is 5.73 Å². The Hall–Kier alpha value is -1.74. The van der Waals surface area contributed by atoms with Gasteiger partial charge in [-0.15, -0.1) is 0 Å². The van der Waals surface area contributed by atoms with Crippen LogP contribution in [0.1, 0.15) is 11.1 Å². The van der Waals surface area contributed by atoms with Gasteiger partial charge in [-0.1, -0.05) is 23.8 Å². The van der Waals surface area contributed by atoms with Gasteiger partial charge in [0.1, 0.15) is 5.82 Å². The lowest BCUT2D eigenvalue weighted by atomic mass is 9.98.